The van der Waals surface area contributed by atoms with E-state index >= 15 is 0 Å². The predicted molar refractivity (Wildman–Crippen MR) is 96.7 cm³/mol. The zero-order valence-electron chi connectivity index (χ0n) is 16.7. The van der Waals surface area contributed by atoms with Gasteiger partial charge < -0.3 is 19.6 Å². The molecule has 158 valence electrons. The van der Waals surface area contributed by atoms with E-state index < -0.39 is 30.2 Å². The summed E-state index contributed by atoms with van der Waals surface area (Å²) in [5, 5.41) is 9.16. The van der Waals surface area contributed by atoms with Crippen molar-refractivity contribution in [2.24, 2.45) is 5.92 Å². The summed E-state index contributed by atoms with van der Waals surface area (Å²) in [6.45, 7) is 9.21. The molecule has 1 aliphatic heterocycles. The normalized spacial score (nSPS) is 18.6. The van der Waals surface area contributed by atoms with E-state index in [9.17, 15) is 18.0 Å². The van der Waals surface area contributed by atoms with E-state index in [0.29, 0.717) is 6.54 Å². The molecule has 1 fully saturated rings. The number of rotatable bonds is 3. The number of hydrogen-bond acceptors (Lipinski definition) is 6. The van der Waals surface area contributed by atoms with Crippen molar-refractivity contribution in [1.29, 1.82) is 0 Å². The summed E-state index contributed by atoms with van der Waals surface area (Å²) in [7, 11) is 0. The average molecular weight is 404 g/mol. The minimum atomic E-state index is -4.69. The number of aliphatic hydroxyl groups excluding tert-OH is 1. The smallest absolute Gasteiger partial charge is 0.433 e. The number of nitrogens with zero attached hydrogens (tertiary/aromatic N) is 4. The lowest BCUT2D eigenvalue weighted by Gasteiger charge is -2.43. The number of piperazine rings is 1. The topological polar surface area (TPSA) is 78.8 Å². The molecule has 0 bridgehead atoms. The molecule has 0 aliphatic carbocycles. The molecular weight excluding hydrogens is 377 g/mol. The average Bonchev–Trinajstić information content (AvgIpc) is 2.58. The van der Waals surface area contributed by atoms with E-state index in [1.807, 2.05) is 13.8 Å². The Bertz CT molecular complexity index is 704. The van der Waals surface area contributed by atoms with Crippen LogP contribution in [0.2, 0.25) is 0 Å². The number of amides is 1. The summed E-state index contributed by atoms with van der Waals surface area (Å²) in [5.41, 5.74) is -2.14. The fraction of sp³-hybridized carbons (Fsp3) is 0.722. The molecule has 1 aliphatic rings. The van der Waals surface area contributed by atoms with Gasteiger partial charge in [-0.3, -0.25) is 0 Å². The first-order valence-electron chi connectivity index (χ1n) is 9.12. The van der Waals surface area contributed by atoms with Crippen molar-refractivity contribution in [2.75, 3.05) is 24.5 Å². The van der Waals surface area contributed by atoms with Crippen LogP contribution in [0.15, 0.2) is 6.20 Å². The Morgan fingerprint density at radius 2 is 1.96 bits per heavy atom. The highest BCUT2D eigenvalue weighted by Crippen LogP contribution is 2.32. The Morgan fingerprint density at radius 1 is 1.32 bits per heavy atom. The third kappa shape index (κ3) is 5.24. The quantitative estimate of drug-likeness (QED) is 0.834. The van der Waals surface area contributed by atoms with E-state index in [4.69, 9.17) is 9.84 Å². The number of aromatic nitrogens is 2. The number of carbonyl (C=O) groups is 1. The van der Waals surface area contributed by atoms with Crippen LogP contribution in [0.5, 0.6) is 0 Å². The molecular formula is C18H27F3N4O3. The Labute approximate surface area is 162 Å². The van der Waals surface area contributed by atoms with Gasteiger partial charge in [-0.15, -0.1) is 0 Å². The molecule has 0 radical (unpaired) electrons. The number of hydrogen-bond donors (Lipinski definition) is 1. The monoisotopic (exact) mass is 404 g/mol. The van der Waals surface area contributed by atoms with E-state index in [2.05, 4.69) is 9.97 Å². The van der Waals surface area contributed by atoms with Crippen LogP contribution < -0.4 is 4.90 Å². The lowest BCUT2D eigenvalue weighted by atomic mass is 10.00. The molecule has 1 atom stereocenters. The standard InChI is InChI=1S/C18H27F3N4O3/c1-11(2)13-9-24(16(27)28-17(3,4)5)6-7-25(13)15-22-8-12(10-26)14(23-15)18(19,20)21/h8,11,13,26H,6-7,9-10H2,1-5H3/t13-/m0/s1. The van der Waals surface area contributed by atoms with Crippen molar-refractivity contribution in [3.05, 3.63) is 17.5 Å². The van der Waals surface area contributed by atoms with Gasteiger partial charge in [-0.2, -0.15) is 13.2 Å². The zero-order valence-corrected chi connectivity index (χ0v) is 16.7. The van der Waals surface area contributed by atoms with Crippen LogP contribution in [0.3, 0.4) is 0 Å². The second-order valence-electron chi connectivity index (χ2n) is 8.13. The summed E-state index contributed by atoms with van der Waals surface area (Å²) in [4.78, 5) is 23.3. The molecule has 2 heterocycles. The van der Waals surface area contributed by atoms with Gasteiger partial charge in [-0.25, -0.2) is 14.8 Å². The van der Waals surface area contributed by atoms with Gasteiger partial charge >= 0.3 is 12.3 Å². The van der Waals surface area contributed by atoms with Crippen LogP contribution in [0, 0.1) is 5.92 Å². The number of halogens is 3. The van der Waals surface area contributed by atoms with Crippen molar-refractivity contribution >= 4 is 12.0 Å². The van der Waals surface area contributed by atoms with Crippen LogP contribution in [0.4, 0.5) is 23.9 Å². The third-order valence-electron chi connectivity index (χ3n) is 4.39. The van der Waals surface area contributed by atoms with E-state index in [-0.39, 0.29) is 36.6 Å². The lowest BCUT2D eigenvalue weighted by molar-refractivity contribution is -0.142. The zero-order chi connectivity index (χ0) is 21.3. The number of carbonyl (C=O) groups excluding carboxylic acids is 1. The maximum Gasteiger partial charge on any atom is 0.433 e. The minimum absolute atomic E-state index is 0.0284. The van der Waals surface area contributed by atoms with Gasteiger partial charge in [0.2, 0.25) is 5.95 Å². The molecule has 1 N–H and O–H groups in total. The van der Waals surface area contributed by atoms with Crippen molar-refractivity contribution in [1.82, 2.24) is 14.9 Å². The van der Waals surface area contributed by atoms with Crippen molar-refractivity contribution in [3.63, 3.8) is 0 Å². The summed E-state index contributed by atoms with van der Waals surface area (Å²) >= 11 is 0. The highest BCUT2D eigenvalue weighted by Gasteiger charge is 2.39. The second kappa shape index (κ2) is 8.10. The predicted octanol–water partition coefficient (Wildman–Crippen LogP) is 3.07. The van der Waals surface area contributed by atoms with Gasteiger partial charge in [0.15, 0.2) is 5.69 Å². The number of anilines is 1. The molecule has 1 saturated heterocycles. The number of alkyl halides is 3. The molecule has 10 heteroatoms. The van der Waals surface area contributed by atoms with Gasteiger partial charge in [-0.05, 0) is 26.7 Å². The van der Waals surface area contributed by atoms with E-state index in [1.165, 1.54) is 0 Å². The SMILES string of the molecule is CC(C)[C@@H]1CN(C(=O)OC(C)(C)C)CCN1c1ncc(CO)c(C(F)(F)F)n1. The Balaban J connectivity index is 2.28. The largest absolute Gasteiger partial charge is 0.444 e. The third-order valence-corrected chi connectivity index (χ3v) is 4.39. The molecule has 0 saturated carbocycles. The van der Waals surface area contributed by atoms with Crippen molar-refractivity contribution in [2.45, 2.75) is 59.0 Å². The fourth-order valence-corrected chi connectivity index (χ4v) is 3.02. The first kappa shape index (κ1) is 22.2. The van der Waals surface area contributed by atoms with E-state index in [1.54, 1.807) is 30.6 Å². The van der Waals surface area contributed by atoms with E-state index in [0.717, 1.165) is 6.20 Å². The van der Waals surface area contributed by atoms with Crippen molar-refractivity contribution in [3.8, 4) is 0 Å². The molecule has 0 aromatic carbocycles. The Morgan fingerprint density at radius 3 is 2.46 bits per heavy atom. The first-order chi connectivity index (χ1) is 12.8. The first-order valence-corrected chi connectivity index (χ1v) is 9.12. The van der Waals surface area contributed by atoms with Gasteiger partial charge in [0, 0.05) is 31.4 Å². The molecule has 7 nitrogen and oxygen atoms in total. The molecule has 0 spiro atoms. The molecule has 28 heavy (non-hydrogen) atoms. The Hall–Kier alpha value is -2.10. The maximum atomic E-state index is 13.3. The maximum absolute atomic E-state index is 13.3. The van der Waals surface area contributed by atoms with Crippen LogP contribution in [-0.4, -0.2) is 57.3 Å². The van der Waals surface area contributed by atoms with Crippen LogP contribution >= 0.6 is 0 Å². The molecule has 1 aromatic heterocycles. The molecule has 1 amide bonds. The summed E-state index contributed by atoms with van der Waals surface area (Å²) in [5.74, 6) is -0.0345. The van der Waals surface area contributed by atoms with Gasteiger partial charge in [0.05, 0.1) is 12.6 Å². The summed E-state index contributed by atoms with van der Waals surface area (Å²) < 4.78 is 45.2. The van der Waals surface area contributed by atoms with Crippen LogP contribution in [0.25, 0.3) is 0 Å². The molecule has 2 rings (SSSR count). The van der Waals surface area contributed by atoms with Gasteiger partial charge in [0.25, 0.3) is 0 Å². The fourth-order valence-electron chi connectivity index (χ4n) is 3.02. The summed E-state index contributed by atoms with van der Waals surface area (Å²) in [6, 6.07) is -0.276. The molecule has 1 aromatic rings. The number of ether oxygens (including phenoxy) is 1. The van der Waals surface area contributed by atoms with Crippen LogP contribution in [-0.2, 0) is 17.5 Å². The highest BCUT2D eigenvalue weighted by atomic mass is 19.4. The minimum Gasteiger partial charge on any atom is -0.444 e. The summed E-state index contributed by atoms with van der Waals surface area (Å²) in [6.07, 6.45) is -4.14. The lowest BCUT2D eigenvalue weighted by Crippen LogP contribution is -2.58. The van der Waals surface area contributed by atoms with Gasteiger partial charge in [-0.1, -0.05) is 13.8 Å². The highest BCUT2D eigenvalue weighted by molar-refractivity contribution is 5.68. The molecule has 0 unspecified atom stereocenters. The van der Waals surface area contributed by atoms with Crippen LogP contribution in [0.1, 0.15) is 45.9 Å². The Kier molecular flexibility index (Phi) is 6.42. The number of aliphatic hydroxyl groups is 1. The van der Waals surface area contributed by atoms with Gasteiger partial charge in [0.1, 0.15) is 5.60 Å². The second-order valence-corrected chi connectivity index (χ2v) is 8.13. The van der Waals surface area contributed by atoms with Crippen molar-refractivity contribution < 1.29 is 27.8 Å².